The molecule has 0 aliphatic carbocycles. The molecule has 29 heavy (non-hydrogen) atoms. The van der Waals surface area contributed by atoms with Gasteiger partial charge in [0.05, 0.1) is 18.5 Å². The predicted octanol–water partition coefficient (Wildman–Crippen LogP) is 4.87. The van der Waals surface area contributed by atoms with Crippen LogP contribution in [-0.2, 0) is 16.6 Å². The van der Waals surface area contributed by atoms with Gasteiger partial charge in [-0.25, -0.2) is 8.42 Å². The lowest BCUT2D eigenvalue weighted by Gasteiger charge is -2.23. The molecule has 3 aromatic carbocycles. The molecule has 0 saturated carbocycles. The standard InChI is InChI=1S/C22H21ClN2O3S/c1-16-5-3-4-6-21(16)24-22(26)18-9-13-20(14-10-18)25(29(2,27)28)15-17-7-11-19(23)12-8-17/h3-14H,15H2,1-2H3,(H,24,26). The lowest BCUT2D eigenvalue weighted by molar-refractivity contribution is 0.102. The van der Waals surface area contributed by atoms with Gasteiger partial charge in [-0.1, -0.05) is 41.9 Å². The molecule has 1 N–H and O–H groups in total. The first kappa shape index (κ1) is 20.9. The summed E-state index contributed by atoms with van der Waals surface area (Å²) in [5, 5.41) is 3.45. The highest BCUT2D eigenvalue weighted by Gasteiger charge is 2.18. The van der Waals surface area contributed by atoms with Crippen LogP contribution in [0.1, 0.15) is 21.5 Å². The van der Waals surface area contributed by atoms with Crippen LogP contribution in [0, 0.1) is 6.92 Å². The number of carbonyl (C=O) groups is 1. The Labute approximate surface area is 176 Å². The van der Waals surface area contributed by atoms with Crippen molar-refractivity contribution in [2.75, 3.05) is 15.9 Å². The highest BCUT2D eigenvalue weighted by Crippen LogP contribution is 2.23. The Bertz CT molecular complexity index is 1110. The zero-order valence-corrected chi connectivity index (χ0v) is 17.7. The van der Waals surface area contributed by atoms with Crippen molar-refractivity contribution in [2.45, 2.75) is 13.5 Å². The number of hydrogen-bond acceptors (Lipinski definition) is 3. The number of amides is 1. The summed E-state index contributed by atoms with van der Waals surface area (Å²) < 4.78 is 25.9. The van der Waals surface area contributed by atoms with E-state index in [-0.39, 0.29) is 12.5 Å². The average Bonchev–Trinajstić information content (AvgIpc) is 2.68. The maximum atomic E-state index is 12.5. The Morgan fingerprint density at radius 3 is 2.17 bits per heavy atom. The van der Waals surface area contributed by atoms with Crippen LogP contribution < -0.4 is 9.62 Å². The molecule has 7 heteroatoms. The number of nitrogens with zero attached hydrogens (tertiary/aromatic N) is 1. The quantitative estimate of drug-likeness (QED) is 0.609. The summed E-state index contributed by atoms with van der Waals surface area (Å²) in [7, 11) is -3.51. The number of benzene rings is 3. The number of sulfonamides is 1. The molecular formula is C22H21ClN2O3S. The highest BCUT2D eigenvalue weighted by atomic mass is 35.5. The van der Waals surface area contributed by atoms with Gasteiger partial charge in [0, 0.05) is 16.3 Å². The summed E-state index contributed by atoms with van der Waals surface area (Å²) >= 11 is 5.90. The van der Waals surface area contributed by atoms with Crippen molar-refractivity contribution in [3.05, 3.63) is 94.5 Å². The molecule has 0 saturated heterocycles. The van der Waals surface area contributed by atoms with Crippen LogP contribution in [0.2, 0.25) is 5.02 Å². The molecule has 3 rings (SSSR count). The molecule has 0 atom stereocenters. The molecule has 0 aliphatic heterocycles. The molecule has 3 aromatic rings. The molecule has 0 spiro atoms. The Morgan fingerprint density at radius 1 is 0.966 bits per heavy atom. The smallest absolute Gasteiger partial charge is 0.255 e. The van der Waals surface area contributed by atoms with Crippen molar-refractivity contribution in [1.82, 2.24) is 0 Å². The van der Waals surface area contributed by atoms with Crippen molar-refractivity contribution in [3.63, 3.8) is 0 Å². The van der Waals surface area contributed by atoms with E-state index in [1.165, 1.54) is 4.31 Å². The first-order chi connectivity index (χ1) is 13.7. The number of para-hydroxylation sites is 1. The summed E-state index contributed by atoms with van der Waals surface area (Å²) in [6, 6.07) is 21.0. The van der Waals surface area contributed by atoms with Crippen LogP contribution in [0.15, 0.2) is 72.8 Å². The van der Waals surface area contributed by atoms with Crippen LogP contribution in [0.25, 0.3) is 0 Å². The highest BCUT2D eigenvalue weighted by molar-refractivity contribution is 7.92. The molecule has 5 nitrogen and oxygen atoms in total. The van der Waals surface area contributed by atoms with Crippen LogP contribution in [-0.4, -0.2) is 20.6 Å². The largest absolute Gasteiger partial charge is 0.322 e. The Morgan fingerprint density at radius 2 is 1.59 bits per heavy atom. The molecule has 0 aliphatic rings. The average molecular weight is 429 g/mol. The Kier molecular flexibility index (Phi) is 6.25. The van der Waals surface area contributed by atoms with Gasteiger partial charge in [-0.2, -0.15) is 0 Å². The lowest BCUT2D eigenvalue weighted by atomic mass is 10.1. The van der Waals surface area contributed by atoms with E-state index in [0.29, 0.717) is 16.3 Å². The summed E-state index contributed by atoms with van der Waals surface area (Å²) in [4.78, 5) is 12.5. The molecule has 150 valence electrons. The molecule has 0 heterocycles. The monoisotopic (exact) mass is 428 g/mol. The van der Waals surface area contributed by atoms with Gasteiger partial charge < -0.3 is 5.32 Å². The zero-order valence-electron chi connectivity index (χ0n) is 16.1. The number of aryl methyl sites for hydroxylation is 1. The van der Waals surface area contributed by atoms with E-state index in [1.54, 1.807) is 48.5 Å². The fraction of sp³-hybridized carbons (Fsp3) is 0.136. The number of rotatable bonds is 6. The maximum absolute atomic E-state index is 12.5. The van der Waals surface area contributed by atoms with E-state index < -0.39 is 10.0 Å². The van der Waals surface area contributed by atoms with Gasteiger partial charge in [0.15, 0.2) is 0 Å². The third-order valence-electron chi connectivity index (χ3n) is 4.45. The molecular weight excluding hydrogens is 408 g/mol. The first-order valence-electron chi connectivity index (χ1n) is 8.93. The minimum absolute atomic E-state index is 0.171. The fourth-order valence-electron chi connectivity index (χ4n) is 2.84. The molecule has 0 fully saturated rings. The van der Waals surface area contributed by atoms with E-state index in [4.69, 9.17) is 11.6 Å². The number of carbonyl (C=O) groups excluding carboxylic acids is 1. The number of hydrogen-bond donors (Lipinski definition) is 1. The summed E-state index contributed by atoms with van der Waals surface area (Å²) in [6.07, 6.45) is 1.15. The molecule has 0 radical (unpaired) electrons. The summed E-state index contributed by atoms with van der Waals surface area (Å²) in [5.74, 6) is -0.255. The van der Waals surface area contributed by atoms with Gasteiger partial charge in [-0.05, 0) is 60.5 Å². The number of halogens is 1. The van der Waals surface area contributed by atoms with Gasteiger partial charge in [-0.15, -0.1) is 0 Å². The minimum Gasteiger partial charge on any atom is -0.322 e. The van der Waals surface area contributed by atoms with E-state index in [1.807, 2.05) is 31.2 Å². The second kappa shape index (κ2) is 8.68. The van der Waals surface area contributed by atoms with Gasteiger partial charge >= 0.3 is 0 Å². The van der Waals surface area contributed by atoms with Crippen LogP contribution in [0.3, 0.4) is 0 Å². The Hall–Kier alpha value is -2.83. The van der Waals surface area contributed by atoms with Crippen LogP contribution in [0.5, 0.6) is 0 Å². The molecule has 1 amide bonds. The van der Waals surface area contributed by atoms with E-state index in [9.17, 15) is 13.2 Å². The van der Waals surface area contributed by atoms with Crippen LogP contribution in [0.4, 0.5) is 11.4 Å². The minimum atomic E-state index is -3.51. The van der Waals surface area contributed by atoms with Crippen molar-refractivity contribution >= 4 is 38.9 Å². The third kappa shape index (κ3) is 5.37. The molecule has 0 aromatic heterocycles. The Balaban J connectivity index is 1.81. The van der Waals surface area contributed by atoms with E-state index >= 15 is 0 Å². The molecule has 0 bridgehead atoms. The maximum Gasteiger partial charge on any atom is 0.255 e. The topological polar surface area (TPSA) is 66.5 Å². The summed E-state index contributed by atoms with van der Waals surface area (Å²) in [5.41, 5.74) is 3.43. The SMILES string of the molecule is Cc1ccccc1NC(=O)c1ccc(N(Cc2ccc(Cl)cc2)S(C)(=O)=O)cc1. The fourth-order valence-corrected chi connectivity index (χ4v) is 3.86. The summed E-state index contributed by atoms with van der Waals surface area (Å²) in [6.45, 7) is 2.09. The van der Waals surface area contributed by atoms with E-state index in [2.05, 4.69) is 5.32 Å². The van der Waals surface area contributed by atoms with Gasteiger partial charge in [-0.3, -0.25) is 9.10 Å². The lowest BCUT2D eigenvalue weighted by Crippen LogP contribution is -2.29. The van der Waals surface area contributed by atoms with Crippen molar-refractivity contribution < 1.29 is 13.2 Å². The second-order valence-electron chi connectivity index (χ2n) is 6.71. The van der Waals surface area contributed by atoms with Gasteiger partial charge in [0.1, 0.15) is 0 Å². The van der Waals surface area contributed by atoms with Gasteiger partial charge in [0.25, 0.3) is 5.91 Å². The van der Waals surface area contributed by atoms with Crippen molar-refractivity contribution in [1.29, 1.82) is 0 Å². The normalized spacial score (nSPS) is 11.1. The van der Waals surface area contributed by atoms with Crippen molar-refractivity contribution in [2.24, 2.45) is 0 Å². The first-order valence-corrected chi connectivity index (χ1v) is 11.2. The number of anilines is 2. The predicted molar refractivity (Wildman–Crippen MR) is 118 cm³/mol. The molecule has 0 unspecified atom stereocenters. The van der Waals surface area contributed by atoms with Crippen molar-refractivity contribution in [3.8, 4) is 0 Å². The van der Waals surface area contributed by atoms with Crippen LogP contribution >= 0.6 is 11.6 Å². The number of nitrogens with one attached hydrogen (secondary N) is 1. The van der Waals surface area contributed by atoms with E-state index in [0.717, 1.165) is 23.1 Å². The van der Waals surface area contributed by atoms with Gasteiger partial charge in [0.2, 0.25) is 10.0 Å². The third-order valence-corrected chi connectivity index (χ3v) is 5.84. The zero-order chi connectivity index (χ0) is 21.0. The second-order valence-corrected chi connectivity index (χ2v) is 9.06.